The van der Waals surface area contributed by atoms with Crippen LogP contribution in [0.3, 0.4) is 0 Å². The number of carboxylic acids is 1. The summed E-state index contributed by atoms with van der Waals surface area (Å²) in [6.07, 6.45) is -0.393. The van der Waals surface area contributed by atoms with Crippen LogP contribution in [0.5, 0.6) is 0 Å². The van der Waals surface area contributed by atoms with Crippen molar-refractivity contribution in [1.29, 1.82) is 0 Å². The highest BCUT2D eigenvalue weighted by Crippen LogP contribution is 2.39. The third-order valence-electron chi connectivity index (χ3n) is 8.81. The fraction of sp³-hybridized carbons (Fsp3) is 0.353. The SMILES string of the molecule is O=C(O[C@@H]1CCCC[C@H]1c1ccccc1)C([C@@H](C(=O)O)C1CC(c2ccc(F)cc2F)=NO1)[C@H]1CC(c2ccc(F)cc2F)=NO1. The molecule has 240 valence electrons. The molecule has 0 aromatic heterocycles. The quantitative estimate of drug-likeness (QED) is 0.212. The summed E-state index contributed by atoms with van der Waals surface area (Å²) in [6, 6.07) is 15.4. The van der Waals surface area contributed by atoms with E-state index in [0.717, 1.165) is 37.0 Å². The molecule has 3 aromatic carbocycles. The summed E-state index contributed by atoms with van der Waals surface area (Å²) in [4.78, 5) is 38.1. The molecule has 0 radical (unpaired) electrons. The summed E-state index contributed by atoms with van der Waals surface area (Å²) in [5, 5.41) is 18.3. The van der Waals surface area contributed by atoms with E-state index in [9.17, 15) is 32.3 Å². The van der Waals surface area contributed by atoms with Crippen molar-refractivity contribution in [2.24, 2.45) is 22.1 Å². The van der Waals surface area contributed by atoms with E-state index >= 15 is 0 Å². The van der Waals surface area contributed by atoms with E-state index in [0.29, 0.717) is 18.6 Å². The van der Waals surface area contributed by atoms with Gasteiger partial charge in [-0.05, 0) is 49.1 Å². The highest BCUT2D eigenvalue weighted by atomic mass is 19.1. The zero-order valence-electron chi connectivity index (χ0n) is 24.5. The molecule has 0 spiro atoms. The smallest absolute Gasteiger partial charge is 0.314 e. The minimum absolute atomic E-state index is 0.0370. The number of hydrogen-bond donors (Lipinski definition) is 1. The summed E-state index contributed by atoms with van der Waals surface area (Å²) in [7, 11) is 0. The molecule has 1 aliphatic carbocycles. The number of carboxylic acid groups (broad SMARTS) is 1. The van der Waals surface area contributed by atoms with Gasteiger partial charge in [-0.1, -0.05) is 47.1 Å². The number of benzene rings is 3. The number of aliphatic carboxylic acids is 1. The van der Waals surface area contributed by atoms with E-state index in [1.54, 1.807) is 0 Å². The van der Waals surface area contributed by atoms with Gasteiger partial charge in [0.15, 0.2) is 0 Å². The van der Waals surface area contributed by atoms with E-state index in [1.807, 2.05) is 30.3 Å². The van der Waals surface area contributed by atoms with Crippen LogP contribution in [0, 0.1) is 35.1 Å². The van der Waals surface area contributed by atoms with Crippen molar-refractivity contribution >= 4 is 23.4 Å². The first-order valence-electron chi connectivity index (χ1n) is 15.0. The standard InChI is InChI=1S/C34H30F4N2O6/c35-19-10-12-22(24(37)14-19)26-16-29(45-39-26)31(33(41)42)32(30-17-27(40-46-30)23-13-11-20(36)15-25(23)38)34(43)44-28-9-5-4-8-21(28)18-6-2-1-3-7-18/h1-3,6-7,10-15,21,28-32H,4-5,8-9,16-17H2,(H,41,42)/t21-,28+,29?,30+,31-,32?/m0/s1. The molecule has 0 bridgehead atoms. The van der Waals surface area contributed by atoms with Gasteiger partial charge < -0.3 is 19.5 Å². The Balaban J connectivity index is 1.29. The topological polar surface area (TPSA) is 107 Å². The van der Waals surface area contributed by atoms with Gasteiger partial charge >= 0.3 is 11.9 Å². The van der Waals surface area contributed by atoms with E-state index in [4.69, 9.17) is 14.4 Å². The monoisotopic (exact) mass is 638 g/mol. The zero-order valence-corrected chi connectivity index (χ0v) is 24.5. The summed E-state index contributed by atoms with van der Waals surface area (Å²) in [6.45, 7) is 0. The Morgan fingerprint density at radius 1 is 0.761 bits per heavy atom. The number of carbonyl (C=O) groups excluding carboxylic acids is 1. The molecular formula is C34H30F4N2O6. The van der Waals surface area contributed by atoms with E-state index in [2.05, 4.69) is 10.3 Å². The van der Waals surface area contributed by atoms with E-state index < -0.39 is 65.4 Å². The lowest BCUT2D eigenvalue weighted by atomic mass is 9.79. The number of ether oxygens (including phenoxy) is 1. The van der Waals surface area contributed by atoms with Crippen molar-refractivity contribution in [2.45, 2.75) is 62.8 Å². The van der Waals surface area contributed by atoms with Gasteiger partial charge in [-0.25, -0.2) is 17.6 Å². The lowest BCUT2D eigenvalue weighted by Crippen LogP contribution is -2.47. The van der Waals surface area contributed by atoms with Gasteiger partial charge in [-0.3, -0.25) is 9.59 Å². The Morgan fingerprint density at radius 3 is 1.85 bits per heavy atom. The fourth-order valence-electron chi connectivity index (χ4n) is 6.56. The van der Waals surface area contributed by atoms with Crippen molar-refractivity contribution in [1.82, 2.24) is 0 Å². The van der Waals surface area contributed by atoms with Gasteiger partial charge in [0.25, 0.3) is 0 Å². The number of hydrogen-bond acceptors (Lipinski definition) is 7. The van der Waals surface area contributed by atoms with Crippen LogP contribution in [-0.2, 0) is 24.0 Å². The highest BCUT2D eigenvalue weighted by Gasteiger charge is 2.51. The molecule has 0 amide bonds. The summed E-state index contributed by atoms with van der Waals surface area (Å²) in [5.41, 5.74) is 0.944. The molecule has 2 unspecified atom stereocenters. The van der Waals surface area contributed by atoms with Gasteiger partial charge in [0.2, 0.25) is 0 Å². The minimum Gasteiger partial charge on any atom is -0.481 e. The third-order valence-corrected chi connectivity index (χ3v) is 8.81. The van der Waals surface area contributed by atoms with Crippen LogP contribution in [0.15, 0.2) is 77.0 Å². The van der Waals surface area contributed by atoms with Crippen molar-refractivity contribution < 1.29 is 46.7 Å². The Labute approximate surface area is 261 Å². The van der Waals surface area contributed by atoms with Crippen LogP contribution >= 0.6 is 0 Å². The van der Waals surface area contributed by atoms with Crippen LogP contribution in [0.2, 0.25) is 0 Å². The van der Waals surface area contributed by atoms with Crippen molar-refractivity contribution in [3.05, 3.63) is 107 Å². The van der Waals surface area contributed by atoms with E-state index in [1.165, 1.54) is 12.1 Å². The molecule has 1 saturated carbocycles. The Kier molecular flexibility index (Phi) is 9.05. The number of oxime groups is 2. The normalized spacial score (nSPS) is 23.8. The maximum atomic E-state index is 14.6. The molecule has 8 nitrogen and oxygen atoms in total. The Morgan fingerprint density at radius 2 is 1.30 bits per heavy atom. The molecule has 2 heterocycles. The van der Waals surface area contributed by atoms with Crippen LogP contribution < -0.4 is 0 Å². The predicted octanol–water partition coefficient (Wildman–Crippen LogP) is 6.52. The number of rotatable bonds is 9. The zero-order chi connectivity index (χ0) is 32.4. The second-order valence-corrected chi connectivity index (χ2v) is 11.7. The van der Waals surface area contributed by atoms with Gasteiger partial charge in [0.1, 0.15) is 53.4 Å². The molecule has 0 saturated heterocycles. The molecule has 3 aromatic rings. The second-order valence-electron chi connectivity index (χ2n) is 11.7. The second kappa shape index (κ2) is 13.3. The first kappa shape index (κ1) is 31.3. The molecule has 1 N–H and O–H groups in total. The molecule has 2 aliphatic heterocycles. The molecule has 6 atom stereocenters. The molecule has 46 heavy (non-hydrogen) atoms. The van der Waals surface area contributed by atoms with Crippen molar-refractivity contribution in [3.8, 4) is 0 Å². The first-order chi connectivity index (χ1) is 22.2. The number of carbonyl (C=O) groups is 2. The predicted molar refractivity (Wildman–Crippen MR) is 157 cm³/mol. The molecule has 1 fully saturated rings. The van der Waals surface area contributed by atoms with E-state index in [-0.39, 0.29) is 41.3 Å². The van der Waals surface area contributed by atoms with Crippen molar-refractivity contribution in [2.75, 3.05) is 0 Å². The summed E-state index contributed by atoms with van der Waals surface area (Å²) < 4.78 is 62.4. The highest BCUT2D eigenvalue weighted by molar-refractivity contribution is 6.03. The molecule has 3 aliphatic rings. The van der Waals surface area contributed by atoms with Crippen LogP contribution in [-0.4, -0.2) is 46.8 Å². The lowest BCUT2D eigenvalue weighted by Gasteiger charge is -2.34. The van der Waals surface area contributed by atoms with Gasteiger partial charge in [-0.2, -0.15) is 0 Å². The maximum absolute atomic E-state index is 14.6. The fourth-order valence-corrected chi connectivity index (χ4v) is 6.56. The number of halogens is 4. The van der Waals surface area contributed by atoms with Gasteiger partial charge in [0, 0.05) is 42.0 Å². The Bertz CT molecular complexity index is 1680. The van der Waals surface area contributed by atoms with Gasteiger partial charge in [0.05, 0.1) is 11.4 Å². The molecular weight excluding hydrogens is 608 g/mol. The minimum atomic E-state index is -1.62. The largest absolute Gasteiger partial charge is 0.481 e. The molecule has 6 rings (SSSR count). The molecule has 12 heteroatoms. The van der Waals surface area contributed by atoms with Gasteiger partial charge in [-0.15, -0.1) is 0 Å². The Hall–Kier alpha value is -4.74. The van der Waals surface area contributed by atoms with Crippen LogP contribution in [0.25, 0.3) is 0 Å². The maximum Gasteiger partial charge on any atom is 0.314 e. The summed E-state index contributed by atoms with van der Waals surface area (Å²) in [5.74, 6) is -8.96. The average molecular weight is 639 g/mol. The third kappa shape index (κ3) is 6.47. The average Bonchev–Trinajstić information content (AvgIpc) is 3.71. The first-order valence-corrected chi connectivity index (χ1v) is 15.0. The number of nitrogens with zero attached hydrogens (tertiary/aromatic N) is 2. The van der Waals surface area contributed by atoms with Crippen LogP contribution in [0.4, 0.5) is 17.6 Å². The summed E-state index contributed by atoms with van der Waals surface area (Å²) >= 11 is 0. The van der Waals surface area contributed by atoms with Crippen molar-refractivity contribution in [3.63, 3.8) is 0 Å². The lowest BCUT2D eigenvalue weighted by molar-refractivity contribution is -0.176. The van der Waals surface area contributed by atoms with Crippen LogP contribution in [0.1, 0.15) is 61.1 Å². The number of esters is 1.